The number of rotatable bonds is 2. The fourth-order valence-electron chi connectivity index (χ4n) is 2.18. The summed E-state index contributed by atoms with van der Waals surface area (Å²) < 4.78 is 4.89. The number of piperidine rings is 1. The van der Waals surface area contributed by atoms with Gasteiger partial charge in [-0.05, 0) is 19.8 Å². The predicted octanol–water partition coefficient (Wildman–Crippen LogP) is 0.581. The maximum absolute atomic E-state index is 12.1. The molecule has 0 bridgehead atoms. The Morgan fingerprint density at radius 3 is 2.61 bits per heavy atom. The van der Waals surface area contributed by atoms with E-state index in [9.17, 15) is 9.59 Å². The maximum Gasteiger partial charge on any atom is 0.276 e. The highest BCUT2D eigenvalue weighted by Gasteiger charge is 2.28. The van der Waals surface area contributed by atoms with Gasteiger partial charge in [0.25, 0.3) is 5.91 Å². The summed E-state index contributed by atoms with van der Waals surface area (Å²) in [5.41, 5.74) is 0.339. The summed E-state index contributed by atoms with van der Waals surface area (Å²) >= 11 is 0. The van der Waals surface area contributed by atoms with E-state index in [1.54, 1.807) is 24.9 Å². The number of hydrogen-bond donors (Lipinski definition) is 1. The van der Waals surface area contributed by atoms with Crippen LogP contribution in [0.2, 0.25) is 0 Å². The molecular weight excluding hydrogens is 234 g/mol. The Labute approximate surface area is 105 Å². The molecule has 0 aliphatic carbocycles. The average Bonchev–Trinajstić information content (AvgIpc) is 2.84. The van der Waals surface area contributed by atoms with Gasteiger partial charge < -0.3 is 14.7 Å². The van der Waals surface area contributed by atoms with Gasteiger partial charge in [0, 0.05) is 32.1 Å². The number of aromatic nitrogens is 1. The van der Waals surface area contributed by atoms with Gasteiger partial charge in [-0.1, -0.05) is 5.16 Å². The van der Waals surface area contributed by atoms with Gasteiger partial charge in [-0.3, -0.25) is 9.59 Å². The van der Waals surface area contributed by atoms with E-state index < -0.39 is 0 Å². The molecule has 98 valence electrons. The number of hydrogen-bond acceptors (Lipinski definition) is 4. The van der Waals surface area contributed by atoms with Crippen molar-refractivity contribution in [2.24, 2.45) is 5.92 Å². The fraction of sp³-hybridized carbons (Fsp3) is 0.583. The second kappa shape index (κ2) is 5.20. The molecule has 1 aromatic heterocycles. The number of likely N-dealkylation sites (tertiary alicyclic amines) is 1. The molecule has 1 saturated heterocycles. The number of carbonyl (C=O) groups excluding carboxylic acids is 2. The van der Waals surface area contributed by atoms with Crippen molar-refractivity contribution in [2.75, 3.05) is 20.1 Å². The molecule has 2 rings (SSSR count). The second-order valence-corrected chi connectivity index (χ2v) is 4.50. The molecule has 6 heteroatoms. The monoisotopic (exact) mass is 251 g/mol. The van der Waals surface area contributed by atoms with Crippen LogP contribution in [0.4, 0.5) is 0 Å². The van der Waals surface area contributed by atoms with E-state index in [1.165, 1.54) is 0 Å². The number of carbonyl (C=O) groups is 2. The summed E-state index contributed by atoms with van der Waals surface area (Å²) in [6.07, 6.45) is 1.39. The van der Waals surface area contributed by atoms with E-state index in [1.807, 2.05) is 0 Å². The minimum Gasteiger partial charge on any atom is -0.361 e. The van der Waals surface area contributed by atoms with Crippen LogP contribution in [0.25, 0.3) is 0 Å². The van der Waals surface area contributed by atoms with Crippen LogP contribution in [0.1, 0.15) is 29.1 Å². The largest absolute Gasteiger partial charge is 0.361 e. The normalized spacial score (nSPS) is 16.7. The van der Waals surface area contributed by atoms with Gasteiger partial charge in [0.1, 0.15) is 5.76 Å². The molecule has 18 heavy (non-hydrogen) atoms. The third kappa shape index (κ3) is 2.52. The average molecular weight is 251 g/mol. The molecule has 2 heterocycles. The molecule has 6 nitrogen and oxygen atoms in total. The number of amides is 2. The first-order valence-electron chi connectivity index (χ1n) is 6.06. The van der Waals surface area contributed by atoms with Crippen molar-refractivity contribution in [3.63, 3.8) is 0 Å². The number of nitrogens with zero attached hydrogens (tertiary/aromatic N) is 2. The van der Waals surface area contributed by atoms with Crippen LogP contribution < -0.4 is 5.32 Å². The zero-order valence-corrected chi connectivity index (χ0v) is 10.6. The lowest BCUT2D eigenvalue weighted by Crippen LogP contribution is -2.42. The molecule has 0 saturated carbocycles. The quantitative estimate of drug-likeness (QED) is 0.834. The van der Waals surface area contributed by atoms with Gasteiger partial charge >= 0.3 is 0 Å². The van der Waals surface area contributed by atoms with E-state index in [0.717, 1.165) is 0 Å². The first kappa shape index (κ1) is 12.6. The standard InChI is InChI=1S/C12H17N3O3/c1-8-7-10(14-18-8)12(17)15-5-3-9(4-6-15)11(16)13-2/h7,9H,3-6H2,1-2H3,(H,13,16). The molecule has 0 spiro atoms. The number of aryl methyl sites for hydroxylation is 1. The summed E-state index contributed by atoms with van der Waals surface area (Å²) in [6.45, 7) is 2.92. The van der Waals surface area contributed by atoms with Gasteiger partial charge in [-0.15, -0.1) is 0 Å². The van der Waals surface area contributed by atoms with E-state index in [4.69, 9.17) is 4.52 Å². The Bertz CT molecular complexity index is 447. The summed E-state index contributed by atoms with van der Waals surface area (Å²) in [5.74, 6) is 0.568. The molecule has 1 aliphatic rings. The topological polar surface area (TPSA) is 75.4 Å². The lowest BCUT2D eigenvalue weighted by molar-refractivity contribution is -0.125. The van der Waals surface area contributed by atoms with Crippen LogP contribution in [0.3, 0.4) is 0 Å². The molecule has 0 unspecified atom stereocenters. The zero-order chi connectivity index (χ0) is 13.1. The lowest BCUT2D eigenvalue weighted by atomic mass is 9.96. The van der Waals surface area contributed by atoms with Crippen molar-refractivity contribution in [2.45, 2.75) is 19.8 Å². The molecule has 0 radical (unpaired) electrons. The summed E-state index contributed by atoms with van der Waals surface area (Å²) in [4.78, 5) is 25.3. The molecule has 0 aromatic carbocycles. The Morgan fingerprint density at radius 2 is 2.11 bits per heavy atom. The van der Waals surface area contributed by atoms with Crippen LogP contribution >= 0.6 is 0 Å². The minimum atomic E-state index is -0.123. The van der Waals surface area contributed by atoms with Crippen molar-refractivity contribution in [1.29, 1.82) is 0 Å². The van der Waals surface area contributed by atoms with Gasteiger partial charge in [-0.25, -0.2) is 0 Å². The first-order valence-corrected chi connectivity index (χ1v) is 6.06. The molecule has 0 atom stereocenters. The van der Waals surface area contributed by atoms with Crippen molar-refractivity contribution in [3.8, 4) is 0 Å². The SMILES string of the molecule is CNC(=O)C1CCN(C(=O)c2cc(C)on2)CC1. The molecule has 2 amide bonds. The zero-order valence-electron chi connectivity index (χ0n) is 10.6. The van der Waals surface area contributed by atoms with E-state index in [2.05, 4.69) is 10.5 Å². The smallest absolute Gasteiger partial charge is 0.276 e. The predicted molar refractivity (Wildman–Crippen MR) is 63.9 cm³/mol. The lowest BCUT2D eigenvalue weighted by Gasteiger charge is -2.30. The molecule has 1 aliphatic heterocycles. The van der Waals surface area contributed by atoms with Crippen molar-refractivity contribution in [1.82, 2.24) is 15.4 Å². The van der Waals surface area contributed by atoms with Crippen molar-refractivity contribution < 1.29 is 14.1 Å². The first-order chi connectivity index (χ1) is 8.61. The molecule has 1 aromatic rings. The van der Waals surface area contributed by atoms with Crippen molar-refractivity contribution in [3.05, 3.63) is 17.5 Å². The summed E-state index contributed by atoms with van der Waals surface area (Å²) in [7, 11) is 1.64. The van der Waals surface area contributed by atoms with Gasteiger partial charge in [0.2, 0.25) is 5.91 Å². The Hall–Kier alpha value is -1.85. The van der Waals surface area contributed by atoms with Crippen molar-refractivity contribution >= 4 is 11.8 Å². The summed E-state index contributed by atoms with van der Waals surface area (Å²) in [5, 5.41) is 6.36. The van der Waals surface area contributed by atoms with E-state index in [-0.39, 0.29) is 17.7 Å². The highest BCUT2D eigenvalue weighted by molar-refractivity contribution is 5.92. The van der Waals surface area contributed by atoms with Crippen LogP contribution in [0.15, 0.2) is 10.6 Å². The molecule has 1 fully saturated rings. The van der Waals surface area contributed by atoms with Gasteiger partial charge in [0.15, 0.2) is 5.69 Å². The van der Waals surface area contributed by atoms with Crippen LogP contribution in [-0.2, 0) is 4.79 Å². The Balaban J connectivity index is 1.94. The fourth-order valence-corrected chi connectivity index (χ4v) is 2.18. The maximum atomic E-state index is 12.1. The summed E-state index contributed by atoms with van der Waals surface area (Å²) in [6, 6.07) is 1.63. The van der Waals surface area contributed by atoms with E-state index >= 15 is 0 Å². The highest BCUT2D eigenvalue weighted by Crippen LogP contribution is 2.19. The third-order valence-electron chi connectivity index (χ3n) is 3.25. The van der Waals surface area contributed by atoms with Crippen LogP contribution in [0.5, 0.6) is 0 Å². The van der Waals surface area contributed by atoms with Gasteiger partial charge in [0.05, 0.1) is 0 Å². The highest BCUT2D eigenvalue weighted by atomic mass is 16.5. The van der Waals surface area contributed by atoms with Crippen LogP contribution in [0, 0.1) is 12.8 Å². The third-order valence-corrected chi connectivity index (χ3v) is 3.25. The van der Waals surface area contributed by atoms with Gasteiger partial charge in [-0.2, -0.15) is 0 Å². The second-order valence-electron chi connectivity index (χ2n) is 4.50. The van der Waals surface area contributed by atoms with E-state index in [0.29, 0.717) is 37.4 Å². The minimum absolute atomic E-state index is 0.0121. The molecular formula is C12H17N3O3. The van der Waals surface area contributed by atoms with Crippen LogP contribution in [-0.4, -0.2) is 42.0 Å². The number of nitrogens with one attached hydrogen (secondary N) is 1. The Morgan fingerprint density at radius 1 is 1.44 bits per heavy atom. The Kier molecular flexibility index (Phi) is 3.64. The molecule has 1 N–H and O–H groups in total.